The van der Waals surface area contributed by atoms with E-state index in [0.29, 0.717) is 19.1 Å². The molecule has 4 nitrogen and oxygen atoms in total. The van der Waals surface area contributed by atoms with Crippen molar-refractivity contribution in [3.05, 3.63) is 22.8 Å². The van der Waals surface area contributed by atoms with E-state index in [-0.39, 0.29) is 5.60 Å². The fourth-order valence-corrected chi connectivity index (χ4v) is 2.78. The van der Waals surface area contributed by atoms with Gasteiger partial charge in [-0.25, -0.2) is 9.97 Å². The summed E-state index contributed by atoms with van der Waals surface area (Å²) in [6, 6.07) is 0. The molecule has 0 saturated carbocycles. The minimum atomic E-state index is -0.359. The first-order valence-corrected chi connectivity index (χ1v) is 8.12. The lowest BCUT2D eigenvalue weighted by Gasteiger charge is -2.31. The number of ether oxygens (including phenoxy) is 1. The van der Waals surface area contributed by atoms with Gasteiger partial charge in [-0.15, -0.1) is 0 Å². The topological polar surface area (TPSA) is 61.0 Å². The van der Waals surface area contributed by atoms with Crippen LogP contribution in [0, 0.1) is 19.8 Å². The fourth-order valence-electron chi connectivity index (χ4n) is 2.78. The summed E-state index contributed by atoms with van der Waals surface area (Å²) in [5, 5.41) is 0. The molecule has 1 heterocycles. The molecule has 4 heteroatoms. The second-order valence-electron chi connectivity index (χ2n) is 5.88. The van der Waals surface area contributed by atoms with Crippen molar-refractivity contribution in [1.82, 2.24) is 9.97 Å². The van der Waals surface area contributed by atoms with Crippen molar-refractivity contribution in [1.29, 1.82) is 0 Å². The molecule has 120 valence electrons. The van der Waals surface area contributed by atoms with E-state index in [2.05, 4.69) is 34.6 Å². The lowest BCUT2D eigenvalue weighted by atomic mass is 9.94. The van der Waals surface area contributed by atoms with Crippen LogP contribution in [0.3, 0.4) is 0 Å². The molecule has 0 aliphatic rings. The van der Waals surface area contributed by atoms with Gasteiger partial charge in [-0.2, -0.15) is 0 Å². The molecule has 1 atom stereocenters. The Labute approximate surface area is 129 Å². The van der Waals surface area contributed by atoms with Gasteiger partial charge in [0.2, 0.25) is 0 Å². The van der Waals surface area contributed by atoms with Crippen molar-refractivity contribution < 1.29 is 4.74 Å². The number of nitrogens with zero attached hydrogens (tertiary/aromatic N) is 2. The van der Waals surface area contributed by atoms with Gasteiger partial charge in [0.15, 0.2) is 5.82 Å². The van der Waals surface area contributed by atoms with Crippen LogP contribution < -0.4 is 5.73 Å². The Hall–Kier alpha value is -1.00. The summed E-state index contributed by atoms with van der Waals surface area (Å²) in [6.07, 6.45) is 2.71. The zero-order valence-electron chi connectivity index (χ0n) is 14.5. The Balaban J connectivity index is 3.22. The van der Waals surface area contributed by atoms with E-state index in [1.54, 1.807) is 0 Å². The summed E-state index contributed by atoms with van der Waals surface area (Å²) in [5.74, 6) is 1.28. The molecule has 2 N–H and O–H groups in total. The zero-order chi connectivity index (χ0) is 16.0. The van der Waals surface area contributed by atoms with Gasteiger partial charge in [-0.3, -0.25) is 0 Å². The Morgan fingerprint density at radius 2 is 1.62 bits per heavy atom. The Bertz CT molecular complexity index is 432. The van der Waals surface area contributed by atoms with Crippen molar-refractivity contribution >= 4 is 0 Å². The second kappa shape index (κ2) is 7.85. The first-order chi connectivity index (χ1) is 9.93. The van der Waals surface area contributed by atoms with Crippen LogP contribution in [-0.2, 0) is 16.8 Å². The largest absolute Gasteiger partial charge is 0.367 e. The van der Waals surface area contributed by atoms with Crippen molar-refractivity contribution in [3.63, 3.8) is 0 Å². The lowest BCUT2D eigenvalue weighted by Crippen LogP contribution is -2.32. The van der Waals surface area contributed by atoms with Gasteiger partial charge in [0, 0.05) is 18.0 Å². The number of nitrogens with two attached hydrogens (primary N) is 1. The van der Waals surface area contributed by atoms with Gasteiger partial charge < -0.3 is 10.5 Å². The quantitative estimate of drug-likeness (QED) is 0.799. The number of aryl methyl sites for hydroxylation is 2. The van der Waals surface area contributed by atoms with E-state index in [0.717, 1.165) is 36.5 Å². The number of hydrogen-bond donors (Lipinski definition) is 1. The second-order valence-corrected chi connectivity index (χ2v) is 5.88. The maximum Gasteiger partial charge on any atom is 0.160 e. The summed E-state index contributed by atoms with van der Waals surface area (Å²) in [4.78, 5) is 9.55. The average molecular weight is 293 g/mol. The molecule has 1 aromatic rings. The van der Waals surface area contributed by atoms with E-state index in [1.165, 1.54) is 5.56 Å². The van der Waals surface area contributed by atoms with Crippen molar-refractivity contribution in [2.24, 2.45) is 11.7 Å². The van der Waals surface area contributed by atoms with E-state index in [4.69, 9.17) is 20.4 Å². The standard InChI is InChI=1S/C17H31N3O/c1-7-17(8-2,21-9-3)16-19-13(5)15(14(6)20-16)10-12(4)11-18/h12H,7-11,18H2,1-6H3. The van der Waals surface area contributed by atoms with Crippen LogP contribution in [0.5, 0.6) is 0 Å². The molecule has 0 saturated heterocycles. The SMILES string of the molecule is CCOC(CC)(CC)c1nc(C)c(CC(C)CN)c(C)n1. The average Bonchev–Trinajstić information content (AvgIpc) is 2.48. The van der Waals surface area contributed by atoms with Crippen LogP contribution in [0.2, 0.25) is 0 Å². The van der Waals surface area contributed by atoms with Crippen LogP contribution in [0.4, 0.5) is 0 Å². The van der Waals surface area contributed by atoms with Crippen molar-refractivity contribution in [3.8, 4) is 0 Å². The highest BCUT2D eigenvalue weighted by Gasteiger charge is 2.33. The first kappa shape index (κ1) is 18.1. The molecule has 21 heavy (non-hydrogen) atoms. The molecular formula is C17H31N3O. The fraction of sp³-hybridized carbons (Fsp3) is 0.765. The number of rotatable bonds is 8. The van der Waals surface area contributed by atoms with Crippen molar-refractivity contribution in [2.45, 2.75) is 66.4 Å². The van der Waals surface area contributed by atoms with Crippen LogP contribution in [0.25, 0.3) is 0 Å². The van der Waals surface area contributed by atoms with Crippen LogP contribution in [0.15, 0.2) is 0 Å². The molecule has 1 rings (SSSR count). The molecule has 0 aliphatic heterocycles. The third-order valence-electron chi connectivity index (χ3n) is 4.35. The first-order valence-electron chi connectivity index (χ1n) is 8.12. The van der Waals surface area contributed by atoms with Gasteiger partial charge >= 0.3 is 0 Å². The molecule has 0 aromatic carbocycles. The Morgan fingerprint density at radius 1 is 1.10 bits per heavy atom. The molecule has 0 spiro atoms. The Kier molecular flexibility index (Phi) is 6.75. The lowest BCUT2D eigenvalue weighted by molar-refractivity contribution is -0.0574. The van der Waals surface area contributed by atoms with E-state index >= 15 is 0 Å². The molecule has 1 aromatic heterocycles. The van der Waals surface area contributed by atoms with Crippen molar-refractivity contribution in [2.75, 3.05) is 13.2 Å². The normalized spacial score (nSPS) is 13.5. The van der Waals surface area contributed by atoms with Crippen LogP contribution >= 0.6 is 0 Å². The van der Waals surface area contributed by atoms with Crippen LogP contribution in [0.1, 0.15) is 63.3 Å². The highest BCUT2D eigenvalue weighted by Crippen LogP contribution is 2.31. The maximum absolute atomic E-state index is 6.02. The molecule has 0 amide bonds. The predicted octanol–water partition coefficient (Wildman–Crippen LogP) is 3.28. The third-order valence-corrected chi connectivity index (χ3v) is 4.35. The molecule has 0 radical (unpaired) electrons. The van der Waals surface area contributed by atoms with Gasteiger partial charge in [0.05, 0.1) is 0 Å². The van der Waals surface area contributed by atoms with E-state index < -0.39 is 0 Å². The minimum absolute atomic E-state index is 0.359. The summed E-state index contributed by atoms with van der Waals surface area (Å²) >= 11 is 0. The molecule has 1 unspecified atom stereocenters. The predicted molar refractivity (Wildman–Crippen MR) is 87.3 cm³/mol. The third kappa shape index (κ3) is 4.01. The minimum Gasteiger partial charge on any atom is -0.367 e. The summed E-state index contributed by atoms with van der Waals surface area (Å²) in [7, 11) is 0. The summed E-state index contributed by atoms with van der Waals surface area (Å²) < 4.78 is 6.02. The summed E-state index contributed by atoms with van der Waals surface area (Å²) in [5.41, 5.74) is 8.73. The Morgan fingerprint density at radius 3 is 2.00 bits per heavy atom. The van der Waals surface area contributed by atoms with Gasteiger partial charge in [0.25, 0.3) is 0 Å². The van der Waals surface area contributed by atoms with Gasteiger partial charge in [0.1, 0.15) is 5.60 Å². The zero-order valence-corrected chi connectivity index (χ0v) is 14.5. The number of hydrogen-bond acceptors (Lipinski definition) is 4. The molecule has 0 bridgehead atoms. The summed E-state index contributed by atoms with van der Waals surface area (Å²) in [6.45, 7) is 14.0. The number of aromatic nitrogens is 2. The monoisotopic (exact) mass is 293 g/mol. The molecule has 0 fully saturated rings. The molecular weight excluding hydrogens is 262 g/mol. The van der Waals surface area contributed by atoms with Crippen LogP contribution in [-0.4, -0.2) is 23.1 Å². The highest BCUT2D eigenvalue weighted by molar-refractivity contribution is 5.26. The smallest absolute Gasteiger partial charge is 0.160 e. The highest BCUT2D eigenvalue weighted by atomic mass is 16.5. The van der Waals surface area contributed by atoms with Gasteiger partial charge in [-0.05, 0) is 58.1 Å². The van der Waals surface area contributed by atoms with E-state index in [1.807, 2.05) is 6.92 Å². The molecule has 0 aliphatic carbocycles. The van der Waals surface area contributed by atoms with Gasteiger partial charge in [-0.1, -0.05) is 20.8 Å². The maximum atomic E-state index is 6.02. The van der Waals surface area contributed by atoms with E-state index in [9.17, 15) is 0 Å².